The monoisotopic (exact) mass is 264 g/mol. The van der Waals surface area contributed by atoms with Gasteiger partial charge in [0, 0.05) is 13.0 Å². The maximum absolute atomic E-state index is 12.6. The molecule has 106 valence electrons. The van der Waals surface area contributed by atoms with Gasteiger partial charge in [0.05, 0.1) is 5.41 Å². The van der Waals surface area contributed by atoms with Crippen molar-refractivity contribution in [2.45, 2.75) is 51.4 Å². The van der Waals surface area contributed by atoms with Crippen molar-refractivity contribution in [2.24, 2.45) is 11.3 Å². The van der Waals surface area contributed by atoms with Crippen LogP contribution in [0.1, 0.15) is 51.4 Å². The Kier molecular flexibility index (Phi) is 3.61. The summed E-state index contributed by atoms with van der Waals surface area (Å²) in [7, 11) is 0. The second kappa shape index (κ2) is 5.23. The van der Waals surface area contributed by atoms with Gasteiger partial charge in [0.25, 0.3) is 0 Å². The van der Waals surface area contributed by atoms with Crippen LogP contribution in [0.25, 0.3) is 0 Å². The van der Waals surface area contributed by atoms with E-state index in [1.807, 2.05) is 0 Å². The minimum Gasteiger partial charge on any atom is -0.316 e. The molecular formula is C15H24N2O2. The summed E-state index contributed by atoms with van der Waals surface area (Å²) >= 11 is 0. The first-order valence-corrected chi connectivity index (χ1v) is 7.77. The summed E-state index contributed by atoms with van der Waals surface area (Å²) in [4.78, 5) is 26.3. The van der Waals surface area contributed by atoms with Gasteiger partial charge in [0.1, 0.15) is 0 Å². The molecule has 1 unspecified atom stereocenters. The maximum Gasteiger partial charge on any atom is 0.235 e. The number of likely N-dealkylation sites (tertiary alicyclic amines) is 1. The van der Waals surface area contributed by atoms with E-state index in [1.165, 1.54) is 12.8 Å². The summed E-state index contributed by atoms with van der Waals surface area (Å²) in [6.07, 6.45) is 7.94. The van der Waals surface area contributed by atoms with Crippen LogP contribution in [0.5, 0.6) is 0 Å². The molecule has 1 spiro atoms. The van der Waals surface area contributed by atoms with Crippen molar-refractivity contribution >= 4 is 11.8 Å². The van der Waals surface area contributed by atoms with Gasteiger partial charge in [-0.05, 0) is 44.7 Å². The smallest absolute Gasteiger partial charge is 0.235 e. The zero-order valence-corrected chi connectivity index (χ0v) is 11.6. The Balaban J connectivity index is 1.61. The largest absolute Gasteiger partial charge is 0.316 e. The minimum atomic E-state index is -0.302. The Hall–Kier alpha value is -0.900. The molecule has 3 fully saturated rings. The Labute approximate surface area is 114 Å². The molecule has 0 bridgehead atoms. The summed E-state index contributed by atoms with van der Waals surface area (Å²) in [6, 6.07) is 0. The molecule has 1 saturated carbocycles. The SMILES string of the molecule is O=C1CC2(CCCCC2)C(=O)N1CCC1CCNC1. The Bertz CT molecular complexity index is 368. The van der Waals surface area contributed by atoms with Crippen molar-refractivity contribution in [1.29, 1.82) is 0 Å². The number of amides is 2. The average molecular weight is 264 g/mol. The molecule has 0 aromatic carbocycles. The summed E-state index contributed by atoms with van der Waals surface area (Å²) in [6.45, 7) is 2.77. The summed E-state index contributed by atoms with van der Waals surface area (Å²) in [5.41, 5.74) is -0.302. The van der Waals surface area contributed by atoms with Crippen LogP contribution >= 0.6 is 0 Å². The zero-order chi connectivity index (χ0) is 13.3. The van der Waals surface area contributed by atoms with Gasteiger partial charge in [-0.3, -0.25) is 14.5 Å². The number of hydrogen-bond donors (Lipinski definition) is 1. The first-order chi connectivity index (χ1) is 9.21. The van der Waals surface area contributed by atoms with E-state index < -0.39 is 0 Å². The highest BCUT2D eigenvalue weighted by atomic mass is 16.2. The standard InChI is InChI=1S/C15H24N2O2/c18-13-10-15(6-2-1-3-7-15)14(19)17(13)9-5-12-4-8-16-11-12/h12,16H,1-11H2. The van der Waals surface area contributed by atoms with Gasteiger partial charge in [-0.15, -0.1) is 0 Å². The van der Waals surface area contributed by atoms with E-state index in [1.54, 1.807) is 4.90 Å². The zero-order valence-electron chi connectivity index (χ0n) is 11.6. The van der Waals surface area contributed by atoms with Gasteiger partial charge >= 0.3 is 0 Å². The van der Waals surface area contributed by atoms with E-state index in [-0.39, 0.29) is 17.2 Å². The predicted octanol–water partition coefficient (Wildman–Crippen LogP) is 1.70. The van der Waals surface area contributed by atoms with E-state index in [4.69, 9.17) is 0 Å². The Morgan fingerprint density at radius 3 is 2.68 bits per heavy atom. The van der Waals surface area contributed by atoms with Crippen LogP contribution in [0.4, 0.5) is 0 Å². The van der Waals surface area contributed by atoms with Gasteiger partial charge in [-0.1, -0.05) is 19.3 Å². The van der Waals surface area contributed by atoms with Gasteiger partial charge in [0.15, 0.2) is 0 Å². The maximum atomic E-state index is 12.6. The van der Waals surface area contributed by atoms with Crippen molar-refractivity contribution in [2.75, 3.05) is 19.6 Å². The number of carbonyl (C=O) groups is 2. The fraction of sp³-hybridized carbons (Fsp3) is 0.867. The molecule has 2 saturated heterocycles. The number of rotatable bonds is 3. The molecule has 0 aromatic heterocycles. The lowest BCUT2D eigenvalue weighted by Gasteiger charge is -2.30. The molecule has 4 heteroatoms. The van der Waals surface area contributed by atoms with Crippen molar-refractivity contribution in [3.05, 3.63) is 0 Å². The van der Waals surface area contributed by atoms with Gasteiger partial charge < -0.3 is 5.32 Å². The van der Waals surface area contributed by atoms with Crippen molar-refractivity contribution < 1.29 is 9.59 Å². The molecule has 3 rings (SSSR count). The second-order valence-electron chi connectivity index (χ2n) is 6.52. The molecule has 0 aromatic rings. The lowest BCUT2D eigenvalue weighted by molar-refractivity contribution is -0.142. The molecule has 2 heterocycles. The molecule has 3 aliphatic rings. The number of nitrogens with one attached hydrogen (secondary N) is 1. The van der Waals surface area contributed by atoms with Gasteiger partial charge in [-0.2, -0.15) is 0 Å². The molecule has 0 radical (unpaired) electrons. The number of nitrogens with zero attached hydrogens (tertiary/aromatic N) is 1. The number of imide groups is 1. The summed E-state index contributed by atoms with van der Waals surface area (Å²) < 4.78 is 0. The van der Waals surface area contributed by atoms with Crippen molar-refractivity contribution in [1.82, 2.24) is 10.2 Å². The van der Waals surface area contributed by atoms with Crippen LogP contribution in [0.3, 0.4) is 0 Å². The van der Waals surface area contributed by atoms with E-state index in [2.05, 4.69) is 5.32 Å². The summed E-state index contributed by atoms with van der Waals surface area (Å²) in [5, 5.41) is 3.34. The van der Waals surface area contributed by atoms with E-state index in [0.29, 0.717) is 18.9 Å². The first kappa shape index (κ1) is 13.1. The molecule has 1 atom stereocenters. The highest BCUT2D eigenvalue weighted by Gasteiger charge is 2.51. The van der Waals surface area contributed by atoms with Crippen LogP contribution in [0.2, 0.25) is 0 Å². The van der Waals surface area contributed by atoms with Crippen LogP contribution in [0, 0.1) is 11.3 Å². The lowest BCUT2D eigenvalue weighted by Crippen LogP contribution is -2.38. The molecule has 19 heavy (non-hydrogen) atoms. The van der Waals surface area contributed by atoms with E-state index >= 15 is 0 Å². The van der Waals surface area contributed by atoms with Gasteiger partial charge in [-0.25, -0.2) is 0 Å². The quantitative estimate of drug-likeness (QED) is 0.789. The average Bonchev–Trinajstić information content (AvgIpc) is 2.99. The molecule has 4 nitrogen and oxygen atoms in total. The third-order valence-electron chi connectivity index (χ3n) is 5.22. The van der Waals surface area contributed by atoms with E-state index in [0.717, 1.165) is 45.2 Å². The lowest BCUT2D eigenvalue weighted by atomic mass is 9.73. The highest BCUT2D eigenvalue weighted by molar-refractivity contribution is 6.05. The van der Waals surface area contributed by atoms with Crippen molar-refractivity contribution in [3.8, 4) is 0 Å². The highest BCUT2D eigenvalue weighted by Crippen LogP contribution is 2.45. The molecule has 2 aliphatic heterocycles. The fourth-order valence-electron chi connectivity index (χ4n) is 3.98. The third-order valence-corrected chi connectivity index (χ3v) is 5.22. The van der Waals surface area contributed by atoms with Crippen LogP contribution in [-0.4, -0.2) is 36.3 Å². The normalized spacial score (nSPS) is 30.5. The number of carbonyl (C=O) groups excluding carboxylic acids is 2. The van der Waals surface area contributed by atoms with E-state index in [9.17, 15) is 9.59 Å². The number of hydrogen-bond acceptors (Lipinski definition) is 3. The molecule has 1 N–H and O–H groups in total. The molecular weight excluding hydrogens is 240 g/mol. The minimum absolute atomic E-state index is 0.0813. The topological polar surface area (TPSA) is 49.4 Å². The van der Waals surface area contributed by atoms with Crippen LogP contribution in [-0.2, 0) is 9.59 Å². The molecule has 1 aliphatic carbocycles. The molecule has 2 amide bonds. The first-order valence-electron chi connectivity index (χ1n) is 7.77. The fourth-order valence-corrected chi connectivity index (χ4v) is 3.98. The van der Waals surface area contributed by atoms with Gasteiger partial charge in [0.2, 0.25) is 11.8 Å². The Morgan fingerprint density at radius 1 is 1.21 bits per heavy atom. The van der Waals surface area contributed by atoms with Crippen LogP contribution in [0.15, 0.2) is 0 Å². The third kappa shape index (κ3) is 2.42. The van der Waals surface area contributed by atoms with Crippen LogP contribution < -0.4 is 5.32 Å². The summed E-state index contributed by atoms with van der Waals surface area (Å²) in [5.74, 6) is 0.865. The Morgan fingerprint density at radius 2 is 2.00 bits per heavy atom. The second-order valence-corrected chi connectivity index (χ2v) is 6.52. The van der Waals surface area contributed by atoms with Crippen molar-refractivity contribution in [3.63, 3.8) is 0 Å². The predicted molar refractivity (Wildman–Crippen MR) is 72.4 cm³/mol.